The average Bonchev–Trinajstić information content (AvgIpc) is 3.13. The van der Waals surface area contributed by atoms with Gasteiger partial charge in [-0.05, 0) is 102 Å². The highest BCUT2D eigenvalue weighted by Crippen LogP contribution is 2.42. The first-order valence-corrected chi connectivity index (χ1v) is 24.3. The Morgan fingerprint density at radius 2 is 0.631 bits per heavy atom. The fourth-order valence-corrected chi connectivity index (χ4v) is 7.97. The van der Waals surface area contributed by atoms with Gasteiger partial charge in [-0.25, -0.2) is 0 Å². The van der Waals surface area contributed by atoms with Crippen molar-refractivity contribution < 1.29 is 44.3 Å². The molecule has 3 rings (SSSR count). The van der Waals surface area contributed by atoms with Gasteiger partial charge in [-0.3, -0.25) is 14.4 Å². The third kappa shape index (κ3) is 18.2. The maximum Gasteiger partial charge on any atom is 0.306 e. The molecular weight excluding hydrogens is 837 g/mol. The van der Waals surface area contributed by atoms with Crippen LogP contribution in [0.1, 0.15) is 194 Å². The van der Waals surface area contributed by atoms with Gasteiger partial charge in [0.15, 0.2) is 0 Å². The third-order valence-corrected chi connectivity index (χ3v) is 12.1. The topological polar surface area (TPSA) is 151 Å². The summed E-state index contributed by atoms with van der Waals surface area (Å²) in [6.07, 6.45) is 2.24. The minimum Gasteiger partial charge on any atom is -0.507 e. The number of phenolic OH excluding ortho intramolecular Hbond substituents is 3. The van der Waals surface area contributed by atoms with E-state index in [0.29, 0.717) is 61.2 Å². The molecule has 0 aliphatic rings. The number of benzene rings is 3. The number of hydrogen-bond acceptors (Lipinski definition) is 9. The van der Waals surface area contributed by atoms with Gasteiger partial charge < -0.3 is 29.9 Å². The molecule has 0 spiro atoms. The van der Waals surface area contributed by atoms with Crippen LogP contribution < -0.4 is 0 Å². The van der Waals surface area contributed by atoms with Crippen LogP contribution >= 0.6 is 11.8 Å². The molecule has 0 amide bonds. The quantitative estimate of drug-likeness (QED) is 0.0857. The number of esters is 2. The molecular formula is C55H84O9S. The van der Waals surface area contributed by atoms with E-state index in [1.807, 2.05) is 36.4 Å². The summed E-state index contributed by atoms with van der Waals surface area (Å²) < 4.78 is 10.9. The molecule has 0 saturated carbocycles. The number of thioether (sulfide) groups is 1. The summed E-state index contributed by atoms with van der Waals surface area (Å²) in [4.78, 5) is 35.6. The van der Waals surface area contributed by atoms with Crippen LogP contribution in [0.5, 0.6) is 17.2 Å². The van der Waals surface area contributed by atoms with Crippen molar-refractivity contribution in [2.24, 2.45) is 0 Å². The molecule has 0 fully saturated rings. The Hall–Kier alpha value is -4.18. The number of hydrogen-bond donors (Lipinski definition) is 4. The van der Waals surface area contributed by atoms with Gasteiger partial charge in [0.2, 0.25) is 0 Å². The second kappa shape index (κ2) is 22.5. The van der Waals surface area contributed by atoms with Crippen LogP contribution in [0.2, 0.25) is 0 Å². The number of phenols is 3. The third-order valence-electron chi connectivity index (χ3n) is 11.2. The van der Waals surface area contributed by atoms with Gasteiger partial charge in [0.05, 0.1) is 0 Å². The SMILES string of the molecule is CC(C)(C)c1cc(CCC(=O)O)cc(C(C)(C)C)c1O.CC(C)(C)c1cc(CCC(=O)OCCSCCOC(=O)CCc2cc(C(C)(C)C)c(O)c(C(C)(C)C)c2)cc(C(C)(C)C)c1O. The van der Waals surface area contributed by atoms with E-state index in [9.17, 15) is 29.7 Å². The summed E-state index contributed by atoms with van der Waals surface area (Å²) in [6, 6.07) is 11.9. The number of carboxylic acid groups (broad SMARTS) is 1. The van der Waals surface area contributed by atoms with Crippen molar-refractivity contribution in [3.63, 3.8) is 0 Å². The first-order valence-electron chi connectivity index (χ1n) is 23.2. The molecule has 0 aliphatic carbocycles. The van der Waals surface area contributed by atoms with Crippen molar-refractivity contribution in [3.8, 4) is 17.2 Å². The summed E-state index contributed by atoms with van der Waals surface area (Å²) in [6.45, 7) is 37.8. The highest BCUT2D eigenvalue weighted by Gasteiger charge is 2.29. The Morgan fingerprint density at radius 1 is 0.415 bits per heavy atom. The summed E-state index contributed by atoms with van der Waals surface area (Å²) in [7, 11) is 0. The molecule has 0 saturated heterocycles. The van der Waals surface area contributed by atoms with Crippen LogP contribution in [-0.2, 0) is 75.6 Å². The molecule has 4 N–H and O–H groups in total. The maximum absolute atomic E-state index is 12.4. The minimum absolute atomic E-state index is 0.109. The van der Waals surface area contributed by atoms with Gasteiger partial charge in [-0.15, -0.1) is 0 Å². The number of aliphatic carboxylic acids is 1. The molecule has 0 heterocycles. The number of rotatable bonds is 15. The lowest BCUT2D eigenvalue weighted by molar-refractivity contribution is -0.143. The van der Waals surface area contributed by atoms with Gasteiger partial charge >= 0.3 is 17.9 Å². The first kappa shape index (κ1) is 56.9. The monoisotopic (exact) mass is 921 g/mol. The number of carboxylic acids is 1. The predicted molar refractivity (Wildman–Crippen MR) is 268 cm³/mol. The standard InChI is InChI=1S/C38H58O6S.C17H26O3/c1-35(2,3)27-21-25(22-28(33(27)41)36(4,5)6)13-15-31(39)43-17-19-45-20-18-44-32(40)16-14-26-23-29(37(7,8)9)34(42)30(24-26)38(10,11)12;1-16(2,3)12-9-11(7-8-14(18)19)10-13(15(12)20)17(4,5)6/h21-24,41-42H,13-20H2,1-12H3;9-10,20H,7-8H2,1-6H3,(H,18,19). The molecule has 364 valence electrons. The van der Waals surface area contributed by atoms with E-state index in [0.717, 1.165) is 50.1 Å². The van der Waals surface area contributed by atoms with Gasteiger partial charge in [-0.1, -0.05) is 161 Å². The zero-order valence-electron chi connectivity index (χ0n) is 43.3. The van der Waals surface area contributed by atoms with Crippen molar-refractivity contribution in [1.29, 1.82) is 0 Å². The molecule has 0 aromatic heterocycles. The number of carbonyl (C=O) groups excluding carboxylic acids is 2. The van der Waals surface area contributed by atoms with Gasteiger partial charge in [-0.2, -0.15) is 11.8 Å². The summed E-state index contributed by atoms with van der Waals surface area (Å²) in [5.74, 6) is 0.979. The van der Waals surface area contributed by atoms with Crippen LogP contribution in [0.4, 0.5) is 0 Å². The molecule has 10 heteroatoms. The molecule has 0 bridgehead atoms. The second-order valence-electron chi connectivity index (χ2n) is 23.6. The van der Waals surface area contributed by atoms with Crippen LogP contribution in [0.3, 0.4) is 0 Å². The van der Waals surface area contributed by atoms with E-state index >= 15 is 0 Å². The first-order chi connectivity index (χ1) is 29.4. The molecule has 9 nitrogen and oxygen atoms in total. The molecule has 0 atom stereocenters. The number of aryl methyl sites for hydroxylation is 3. The highest BCUT2D eigenvalue weighted by atomic mass is 32.2. The molecule has 0 aliphatic heterocycles. The van der Waals surface area contributed by atoms with Crippen molar-refractivity contribution in [2.45, 2.75) is 196 Å². The number of ether oxygens (including phenoxy) is 2. The maximum atomic E-state index is 12.4. The molecule has 3 aromatic carbocycles. The largest absolute Gasteiger partial charge is 0.507 e. The Labute approximate surface area is 396 Å². The highest BCUT2D eigenvalue weighted by molar-refractivity contribution is 7.99. The Balaban J connectivity index is 0.000000604. The van der Waals surface area contributed by atoms with Crippen molar-refractivity contribution in [3.05, 3.63) is 86.5 Å². The second-order valence-corrected chi connectivity index (χ2v) is 24.8. The van der Waals surface area contributed by atoms with Gasteiger partial charge in [0.25, 0.3) is 0 Å². The summed E-state index contributed by atoms with van der Waals surface area (Å²) >= 11 is 1.58. The lowest BCUT2D eigenvalue weighted by Gasteiger charge is -2.28. The van der Waals surface area contributed by atoms with E-state index in [1.165, 1.54) is 0 Å². The Bertz CT molecular complexity index is 1880. The normalized spacial score (nSPS) is 12.6. The number of carbonyl (C=O) groups is 3. The molecule has 65 heavy (non-hydrogen) atoms. The van der Waals surface area contributed by atoms with Gasteiger partial charge in [0, 0.05) is 30.8 Å². The van der Waals surface area contributed by atoms with Crippen LogP contribution in [0.15, 0.2) is 36.4 Å². The van der Waals surface area contributed by atoms with Crippen molar-refractivity contribution >= 4 is 29.7 Å². The van der Waals surface area contributed by atoms with Crippen LogP contribution in [0.25, 0.3) is 0 Å². The van der Waals surface area contributed by atoms with Crippen LogP contribution in [0, 0.1) is 0 Å². The van der Waals surface area contributed by atoms with E-state index in [2.05, 4.69) is 125 Å². The van der Waals surface area contributed by atoms with E-state index in [4.69, 9.17) is 14.6 Å². The van der Waals surface area contributed by atoms with Crippen molar-refractivity contribution in [1.82, 2.24) is 0 Å². The smallest absolute Gasteiger partial charge is 0.306 e. The zero-order valence-corrected chi connectivity index (χ0v) is 44.1. The van der Waals surface area contributed by atoms with E-state index in [-0.39, 0.29) is 63.7 Å². The fraction of sp³-hybridized carbons (Fsp3) is 0.618. The molecule has 0 radical (unpaired) electrons. The van der Waals surface area contributed by atoms with Crippen molar-refractivity contribution in [2.75, 3.05) is 24.7 Å². The fourth-order valence-electron chi connectivity index (χ4n) is 7.37. The van der Waals surface area contributed by atoms with E-state index in [1.54, 1.807) is 11.8 Å². The van der Waals surface area contributed by atoms with E-state index < -0.39 is 5.97 Å². The van der Waals surface area contributed by atoms with Gasteiger partial charge in [0.1, 0.15) is 30.5 Å². The lowest BCUT2D eigenvalue weighted by atomic mass is 9.78. The predicted octanol–water partition coefficient (Wildman–Crippen LogP) is 12.7. The van der Waals surface area contributed by atoms with Crippen LogP contribution in [-0.4, -0.2) is 63.1 Å². The minimum atomic E-state index is -0.798. The number of aromatic hydroxyl groups is 3. The lowest BCUT2D eigenvalue weighted by Crippen LogP contribution is -2.18. The Morgan fingerprint density at radius 3 is 0.831 bits per heavy atom. The zero-order chi connectivity index (χ0) is 50.1. The Kier molecular flexibility index (Phi) is 19.7. The molecule has 3 aromatic rings. The summed E-state index contributed by atoms with van der Waals surface area (Å²) in [5, 5.41) is 41.2. The average molecular weight is 921 g/mol. The molecule has 0 unspecified atom stereocenters. The summed E-state index contributed by atoms with van der Waals surface area (Å²) in [5.41, 5.74) is 7.10.